The fourth-order valence-electron chi connectivity index (χ4n) is 4.94. The molecule has 0 radical (unpaired) electrons. The zero-order valence-electron chi connectivity index (χ0n) is 20.2. The lowest BCUT2D eigenvalue weighted by Gasteiger charge is -2.37. The smallest absolute Gasteiger partial charge is 0.282 e. The van der Waals surface area contributed by atoms with Gasteiger partial charge in [-0.15, -0.1) is 0 Å². The Kier molecular flexibility index (Phi) is 6.45. The maximum atomic E-state index is 13.8. The number of benzene rings is 2. The number of hydrogen-bond acceptors (Lipinski definition) is 5. The lowest BCUT2D eigenvalue weighted by molar-refractivity contribution is -0.120. The maximum absolute atomic E-state index is 13.8. The van der Waals surface area contributed by atoms with Crippen LogP contribution in [0.25, 0.3) is 5.57 Å². The predicted octanol–water partition coefficient (Wildman–Crippen LogP) is 4.41. The van der Waals surface area contributed by atoms with E-state index in [1.807, 2.05) is 74.4 Å². The summed E-state index contributed by atoms with van der Waals surface area (Å²) in [5.41, 5.74) is 3.33. The number of ether oxygens (including phenoxy) is 1. The molecule has 0 N–H and O–H groups in total. The number of anilines is 2. The van der Waals surface area contributed by atoms with E-state index in [1.54, 1.807) is 0 Å². The van der Waals surface area contributed by atoms with Crippen LogP contribution in [0.4, 0.5) is 11.4 Å². The number of hydrogen-bond donors (Lipinski definition) is 0. The van der Waals surface area contributed by atoms with Crippen molar-refractivity contribution < 1.29 is 14.3 Å². The van der Waals surface area contributed by atoms with E-state index in [9.17, 15) is 9.59 Å². The summed E-state index contributed by atoms with van der Waals surface area (Å²) in [6.45, 7) is 8.47. The lowest BCUT2D eigenvalue weighted by Crippen LogP contribution is -2.42. The summed E-state index contributed by atoms with van der Waals surface area (Å²) in [7, 11) is 3.92. The minimum Gasteiger partial charge on any atom is -0.494 e. The molecule has 0 bridgehead atoms. The van der Waals surface area contributed by atoms with Crippen LogP contribution in [0.2, 0.25) is 0 Å². The minimum atomic E-state index is -0.275. The fraction of sp³-hybridized carbons (Fsp3) is 0.407. The first-order chi connectivity index (χ1) is 15.8. The highest BCUT2D eigenvalue weighted by molar-refractivity contribution is 6.45. The van der Waals surface area contributed by atoms with Crippen molar-refractivity contribution in [2.75, 3.05) is 43.6 Å². The first-order valence-electron chi connectivity index (χ1n) is 11.7. The average Bonchev–Trinajstić information content (AvgIpc) is 3.04. The van der Waals surface area contributed by atoms with Crippen LogP contribution in [-0.2, 0) is 9.59 Å². The summed E-state index contributed by atoms with van der Waals surface area (Å²) in [5.74, 6) is 1.14. The molecule has 2 aliphatic rings. The summed E-state index contributed by atoms with van der Waals surface area (Å²) in [6.07, 6.45) is 1.13. The third-order valence-electron chi connectivity index (χ3n) is 6.32. The molecule has 2 atom stereocenters. The summed E-state index contributed by atoms with van der Waals surface area (Å²) < 4.78 is 5.57. The molecular weight excluding hydrogens is 414 g/mol. The van der Waals surface area contributed by atoms with Crippen LogP contribution >= 0.6 is 0 Å². The zero-order chi connectivity index (χ0) is 23.7. The molecule has 1 saturated heterocycles. The minimum absolute atomic E-state index is 0.247. The van der Waals surface area contributed by atoms with Gasteiger partial charge >= 0.3 is 0 Å². The van der Waals surface area contributed by atoms with E-state index in [0.29, 0.717) is 35.4 Å². The molecule has 33 heavy (non-hydrogen) atoms. The number of carbonyl (C=O) groups is 2. The van der Waals surface area contributed by atoms with Gasteiger partial charge in [0.25, 0.3) is 11.8 Å². The second-order valence-electron chi connectivity index (χ2n) is 9.39. The van der Waals surface area contributed by atoms with Gasteiger partial charge in [-0.3, -0.25) is 9.59 Å². The van der Waals surface area contributed by atoms with Crippen LogP contribution in [0, 0.1) is 11.8 Å². The summed E-state index contributed by atoms with van der Waals surface area (Å²) in [5, 5.41) is 0. The van der Waals surface area contributed by atoms with Crippen molar-refractivity contribution in [1.82, 2.24) is 4.90 Å². The van der Waals surface area contributed by atoms with Crippen molar-refractivity contribution in [3.63, 3.8) is 0 Å². The number of piperidine rings is 1. The van der Waals surface area contributed by atoms with Crippen LogP contribution < -0.4 is 14.5 Å². The van der Waals surface area contributed by atoms with Crippen molar-refractivity contribution in [2.24, 2.45) is 11.8 Å². The number of imide groups is 1. The largest absolute Gasteiger partial charge is 0.494 e. The maximum Gasteiger partial charge on any atom is 0.282 e. The van der Waals surface area contributed by atoms with Gasteiger partial charge in [0.05, 0.1) is 17.9 Å². The molecule has 2 heterocycles. The van der Waals surface area contributed by atoms with Crippen molar-refractivity contribution in [3.8, 4) is 5.75 Å². The van der Waals surface area contributed by atoms with E-state index < -0.39 is 0 Å². The number of nitrogens with zero attached hydrogens (tertiary/aromatic N) is 3. The third kappa shape index (κ3) is 4.47. The number of amides is 2. The van der Waals surface area contributed by atoms with Crippen molar-refractivity contribution in [1.29, 1.82) is 0 Å². The molecule has 174 valence electrons. The standard InChI is InChI=1S/C27H33N3O3/c1-6-33-23-13-7-20(8-14-23)24-25(29-16-18(2)15-19(3)17-29)27(32)30(26(24)31)22-11-9-21(10-12-22)28(4)5/h7-14,18-19H,6,15-17H2,1-5H3. The van der Waals surface area contributed by atoms with Crippen LogP contribution in [-0.4, -0.2) is 50.5 Å². The Labute approximate surface area is 196 Å². The fourth-order valence-corrected chi connectivity index (χ4v) is 4.94. The van der Waals surface area contributed by atoms with Gasteiger partial charge in [-0.05, 0) is 67.1 Å². The zero-order valence-corrected chi connectivity index (χ0v) is 20.2. The van der Waals surface area contributed by atoms with Crippen LogP contribution in [0.15, 0.2) is 54.2 Å². The quantitative estimate of drug-likeness (QED) is 0.614. The molecular formula is C27H33N3O3. The van der Waals surface area contributed by atoms with Gasteiger partial charge in [0, 0.05) is 32.9 Å². The molecule has 1 fully saturated rings. The first kappa shape index (κ1) is 22.9. The van der Waals surface area contributed by atoms with E-state index in [2.05, 4.69) is 18.7 Å². The second kappa shape index (κ2) is 9.30. The number of likely N-dealkylation sites (tertiary alicyclic amines) is 1. The van der Waals surface area contributed by atoms with Crippen molar-refractivity contribution >= 4 is 28.8 Å². The topological polar surface area (TPSA) is 53.1 Å². The SMILES string of the molecule is CCOc1ccc(C2=C(N3CC(C)CC(C)C3)C(=O)N(c3ccc(N(C)C)cc3)C2=O)cc1. The van der Waals surface area contributed by atoms with E-state index in [4.69, 9.17) is 4.74 Å². The van der Waals surface area contributed by atoms with Gasteiger partial charge in [0.1, 0.15) is 11.4 Å². The number of carbonyl (C=O) groups excluding carboxylic acids is 2. The summed E-state index contributed by atoms with van der Waals surface area (Å²) >= 11 is 0. The Morgan fingerprint density at radius 3 is 2.06 bits per heavy atom. The van der Waals surface area contributed by atoms with Crippen LogP contribution in [0.5, 0.6) is 5.75 Å². The molecule has 6 nitrogen and oxygen atoms in total. The van der Waals surface area contributed by atoms with E-state index in [1.165, 1.54) is 4.90 Å². The molecule has 2 amide bonds. The Morgan fingerprint density at radius 1 is 0.909 bits per heavy atom. The van der Waals surface area contributed by atoms with E-state index in [-0.39, 0.29) is 11.8 Å². The Bertz CT molecular complexity index is 1050. The molecule has 0 saturated carbocycles. The van der Waals surface area contributed by atoms with Gasteiger partial charge in [0.2, 0.25) is 0 Å². The number of rotatable bonds is 6. The summed E-state index contributed by atoms with van der Waals surface area (Å²) in [6, 6.07) is 15.0. The lowest BCUT2D eigenvalue weighted by atomic mass is 9.91. The highest BCUT2D eigenvalue weighted by atomic mass is 16.5. The third-order valence-corrected chi connectivity index (χ3v) is 6.32. The Morgan fingerprint density at radius 2 is 1.52 bits per heavy atom. The molecule has 2 aliphatic heterocycles. The second-order valence-corrected chi connectivity index (χ2v) is 9.39. The highest BCUT2D eigenvalue weighted by Crippen LogP contribution is 2.38. The Hall–Kier alpha value is -3.28. The van der Waals surface area contributed by atoms with Crippen molar-refractivity contribution in [2.45, 2.75) is 27.2 Å². The molecule has 2 aromatic rings. The molecule has 2 unspecified atom stereocenters. The summed E-state index contributed by atoms with van der Waals surface area (Å²) in [4.78, 5) is 32.9. The van der Waals surface area contributed by atoms with Gasteiger partial charge in [-0.2, -0.15) is 0 Å². The molecule has 0 spiro atoms. The molecule has 6 heteroatoms. The monoisotopic (exact) mass is 447 g/mol. The average molecular weight is 448 g/mol. The van der Waals surface area contributed by atoms with Crippen LogP contribution in [0.1, 0.15) is 32.8 Å². The predicted molar refractivity (Wildman–Crippen MR) is 132 cm³/mol. The van der Waals surface area contributed by atoms with Gasteiger partial charge in [0.15, 0.2) is 0 Å². The van der Waals surface area contributed by atoms with Gasteiger partial charge in [-0.1, -0.05) is 26.0 Å². The molecule has 2 aromatic carbocycles. The Balaban J connectivity index is 1.77. The normalized spacial score (nSPS) is 21.1. The van der Waals surface area contributed by atoms with E-state index in [0.717, 1.165) is 36.5 Å². The van der Waals surface area contributed by atoms with Gasteiger partial charge < -0.3 is 14.5 Å². The molecule has 0 aliphatic carbocycles. The molecule has 4 rings (SSSR count). The van der Waals surface area contributed by atoms with E-state index >= 15 is 0 Å². The van der Waals surface area contributed by atoms with Crippen molar-refractivity contribution in [3.05, 3.63) is 59.8 Å². The van der Waals surface area contributed by atoms with Crippen LogP contribution in [0.3, 0.4) is 0 Å². The molecule has 0 aromatic heterocycles. The van der Waals surface area contributed by atoms with Gasteiger partial charge in [-0.25, -0.2) is 4.90 Å². The first-order valence-corrected chi connectivity index (χ1v) is 11.7. The highest BCUT2D eigenvalue weighted by Gasteiger charge is 2.43.